The van der Waals surface area contributed by atoms with Crippen molar-refractivity contribution in [3.8, 4) is 11.5 Å². The van der Waals surface area contributed by atoms with Crippen LogP contribution in [0.4, 0.5) is 18.9 Å². The van der Waals surface area contributed by atoms with Gasteiger partial charge in [0.2, 0.25) is 0 Å². The van der Waals surface area contributed by atoms with Crippen LogP contribution in [-0.2, 0) is 6.18 Å². The summed E-state index contributed by atoms with van der Waals surface area (Å²) < 4.78 is 43.3. The molecule has 0 aliphatic carbocycles. The first-order valence-corrected chi connectivity index (χ1v) is 7.61. The minimum Gasteiger partial charge on any atom is -0.456 e. The van der Waals surface area contributed by atoms with Gasteiger partial charge in [0.15, 0.2) is 0 Å². The van der Waals surface area contributed by atoms with E-state index >= 15 is 0 Å². The molecule has 2 aromatic carbocycles. The number of nitrogens with zero attached hydrogens (tertiary/aromatic N) is 1. The second-order valence-corrected chi connectivity index (χ2v) is 5.45. The van der Waals surface area contributed by atoms with Crippen LogP contribution in [0.3, 0.4) is 0 Å². The number of benzene rings is 2. The maximum absolute atomic E-state index is 12.6. The molecule has 24 heavy (non-hydrogen) atoms. The highest BCUT2D eigenvalue weighted by molar-refractivity contribution is 9.11. The van der Waals surface area contributed by atoms with Gasteiger partial charge in [0.1, 0.15) is 11.5 Å². The van der Waals surface area contributed by atoms with Crippen molar-refractivity contribution in [2.75, 3.05) is 0 Å². The summed E-state index contributed by atoms with van der Waals surface area (Å²) in [6, 6.07) is 6.62. The van der Waals surface area contributed by atoms with Crippen LogP contribution in [0.2, 0.25) is 5.02 Å². The van der Waals surface area contributed by atoms with Crippen molar-refractivity contribution in [1.29, 1.82) is 0 Å². The Labute approximate surface area is 147 Å². The fourth-order valence-electron chi connectivity index (χ4n) is 1.85. The SMILES string of the molecule is O=[N+]([O-])c1ccc(Oc2ccc(C(F)(F)F)cc2Cl)cc1C=CBr. The first-order chi connectivity index (χ1) is 11.2. The summed E-state index contributed by atoms with van der Waals surface area (Å²) in [4.78, 5) is 11.8. The molecular weight excluding hydrogens is 415 g/mol. The Bertz CT molecular complexity index is 809. The molecule has 0 N–H and O–H groups in total. The number of ether oxygens (including phenoxy) is 1. The number of nitro benzene ring substituents is 1. The summed E-state index contributed by atoms with van der Waals surface area (Å²) in [7, 11) is 0. The number of alkyl halides is 3. The minimum absolute atomic E-state index is 0.00675. The molecule has 0 fully saturated rings. The third-order valence-electron chi connectivity index (χ3n) is 2.93. The lowest BCUT2D eigenvalue weighted by atomic mass is 10.1. The topological polar surface area (TPSA) is 52.4 Å². The van der Waals surface area contributed by atoms with Crippen molar-refractivity contribution >= 4 is 39.3 Å². The molecule has 0 aliphatic rings. The third kappa shape index (κ3) is 4.27. The molecule has 0 aliphatic heterocycles. The van der Waals surface area contributed by atoms with Crippen LogP contribution in [0, 0.1) is 10.1 Å². The molecule has 126 valence electrons. The predicted octanol–water partition coefficient (Wildman–Crippen LogP) is 6.42. The van der Waals surface area contributed by atoms with Crippen molar-refractivity contribution in [1.82, 2.24) is 0 Å². The summed E-state index contributed by atoms with van der Waals surface area (Å²) in [6.07, 6.45) is -3.07. The summed E-state index contributed by atoms with van der Waals surface area (Å²) >= 11 is 8.84. The zero-order valence-corrected chi connectivity index (χ0v) is 14.0. The first-order valence-electron chi connectivity index (χ1n) is 6.32. The zero-order valence-electron chi connectivity index (χ0n) is 11.7. The van der Waals surface area contributed by atoms with Crippen LogP contribution in [0.1, 0.15) is 11.1 Å². The van der Waals surface area contributed by atoms with E-state index in [9.17, 15) is 23.3 Å². The molecule has 0 bridgehead atoms. The molecule has 2 rings (SSSR count). The Morgan fingerprint density at radius 2 is 1.92 bits per heavy atom. The number of hydrogen-bond donors (Lipinski definition) is 0. The summed E-state index contributed by atoms with van der Waals surface area (Å²) in [5, 5.41) is 10.7. The average Bonchev–Trinajstić information content (AvgIpc) is 2.48. The fourth-order valence-corrected chi connectivity index (χ4v) is 2.35. The van der Waals surface area contributed by atoms with E-state index < -0.39 is 16.7 Å². The normalized spacial score (nSPS) is 11.7. The second kappa shape index (κ2) is 7.23. The van der Waals surface area contributed by atoms with Crippen molar-refractivity contribution < 1.29 is 22.8 Å². The Morgan fingerprint density at radius 1 is 1.21 bits per heavy atom. The molecule has 0 aromatic heterocycles. The van der Waals surface area contributed by atoms with Gasteiger partial charge in [-0.15, -0.1) is 0 Å². The van der Waals surface area contributed by atoms with E-state index in [4.69, 9.17) is 16.3 Å². The van der Waals surface area contributed by atoms with Gasteiger partial charge in [0.25, 0.3) is 5.69 Å². The Hall–Kier alpha value is -2.06. The molecule has 0 spiro atoms. The van der Waals surface area contributed by atoms with Crippen LogP contribution in [0.15, 0.2) is 41.4 Å². The largest absolute Gasteiger partial charge is 0.456 e. The van der Waals surface area contributed by atoms with Gasteiger partial charge in [-0.3, -0.25) is 10.1 Å². The van der Waals surface area contributed by atoms with Crippen molar-refractivity contribution in [3.63, 3.8) is 0 Å². The van der Waals surface area contributed by atoms with Crippen molar-refractivity contribution in [2.45, 2.75) is 6.18 Å². The predicted molar refractivity (Wildman–Crippen MR) is 87.6 cm³/mol. The molecule has 0 radical (unpaired) electrons. The first kappa shape index (κ1) is 18.3. The Morgan fingerprint density at radius 3 is 2.46 bits per heavy atom. The smallest absolute Gasteiger partial charge is 0.416 e. The Balaban J connectivity index is 2.35. The number of nitro groups is 1. The van der Waals surface area contributed by atoms with Crippen molar-refractivity contribution in [3.05, 3.63) is 67.6 Å². The van der Waals surface area contributed by atoms with Crippen LogP contribution >= 0.6 is 27.5 Å². The number of halogens is 5. The minimum atomic E-state index is -4.51. The third-order valence-corrected chi connectivity index (χ3v) is 3.48. The fraction of sp³-hybridized carbons (Fsp3) is 0.0667. The van der Waals surface area contributed by atoms with Gasteiger partial charge in [-0.25, -0.2) is 0 Å². The van der Waals surface area contributed by atoms with E-state index in [1.165, 1.54) is 29.3 Å². The van der Waals surface area contributed by atoms with E-state index in [0.29, 0.717) is 0 Å². The van der Waals surface area contributed by atoms with E-state index in [1.807, 2.05) is 0 Å². The molecule has 2 aromatic rings. The number of hydrogen-bond acceptors (Lipinski definition) is 3. The van der Waals surface area contributed by atoms with E-state index in [1.54, 1.807) is 0 Å². The van der Waals surface area contributed by atoms with Gasteiger partial charge >= 0.3 is 6.18 Å². The summed E-state index contributed by atoms with van der Waals surface area (Å²) in [5.41, 5.74) is -0.777. The highest BCUT2D eigenvalue weighted by atomic mass is 79.9. The lowest BCUT2D eigenvalue weighted by Gasteiger charge is -2.11. The highest BCUT2D eigenvalue weighted by Gasteiger charge is 2.31. The highest BCUT2D eigenvalue weighted by Crippen LogP contribution is 2.37. The van der Waals surface area contributed by atoms with E-state index in [2.05, 4.69) is 15.9 Å². The lowest BCUT2D eigenvalue weighted by Crippen LogP contribution is -2.04. The van der Waals surface area contributed by atoms with E-state index in [0.717, 1.165) is 18.2 Å². The molecule has 4 nitrogen and oxygen atoms in total. The molecule has 0 unspecified atom stereocenters. The maximum atomic E-state index is 12.6. The molecule has 9 heteroatoms. The molecule has 0 saturated heterocycles. The summed E-state index contributed by atoms with van der Waals surface area (Å²) in [5.74, 6) is 0.204. The molecular formula is C15H8BrClF3NO3. The van der Waals surface area contributed by atoms with Gasteiger partial charge in [0.05, 0.1) is 21.1 Å². The monoisotopic (exact) mass is 421 g/mol. The van der Waals surface area contributed by atoms with Crippen LogP contribution in [0.5, 0.6) is 11.5 Å². The molecule has 0 amide bonds. The number of rotatable bonds is 4. The van der Waals surface area contributed by atoms with Gasteiger partial charge in [-0.2, -0.15) is 13.2 Å². The maximum Gasteiger partial charge on any atom is 0.416 e. The van der Waals surface area contributed by atoms with Gasteiger partial charge in [0, 0.05) is 6.07 Å². The quantitative estimate of drug-likeness (QED) is 0.422. The average molecular weight is 423 g/mol. The standard InChI is InChI=1S/C15H8BrClF3NO3/c16-6-5-9-7-11(2-3-13(9)21(22)23)24-14-4-1-10(8-12(14)17)15(18,19)20/h1-8H. The van der Waals surface area contributed by atoms with Gasteiger partial charge in [-0.05, 0) is 41.4 Å². The molecule has 0 saturated carbocycles. The lowest BCUT2D eigenvalue weighted by molar-refractivity contribution is -0.385. The molecule has 0 heterocycles. The van der Waals surface area contributed by atoms with Crippen LogP contribution < -0.4 is 4.74 Å². The van der Waals surface area contributed by atoms with Crippen LogP contribution in [0.25, 0.3) is 6.08 Å². The van der Waals surface area contributed by atoms with Gasteiger partial charge < -0.3 is 4.74 Å². The zero-order chi connectivity index (χ0) is 17.9. The van der Waals surface area contributed by atoms with Crippen molar-refractivity contribution in [2.24, 2.45) is 0 Å². The summed E-state index contributed by atoms with van der Waals surface area (Å²) in [6.45, 7) is 0. The van der Waals surface area contributed by atoms with E-state index in [-0.39, 0.29) is 27.8 Å². The van der Waals surface area contributed by atoms with Gasteiger partial charge in [-0.1, -0.05) is 27.5 Å². The Kier molecular flexibility index (Phi) is 5.51. The molecule has 0 atom stereocenters. The van der Waals surface area contributed by atoms with Crippen LogP contribution in [-0.4, -0.2) is 4.92 Å². The second-order valence-electron chi connectivity index (χ2n) is 4.52.